The lowest BCUT2D eigenvalue weighted by Gasteiger charge is -2.58. The molecule has 4 bridgehead atoms. The van der Waals surface area contributed by atoms with E-state index in [2.05, 4.69) is 36.0 Å². The van der Waals surface area contributed by atoms with Crippen molar-refractivity contribution in [2.75, 3.05) is 23.7 Å². The number of rotatable bonds is 6. The summed E-state index contributed by atoms with van der Waals surface area (Å²) in [6, 6.07) is 0.142. The number of ether oxygens (including phenoxy) is 1. The van der Waals surface area contributed by atoms with Crippen LogP contribution in [-0.2, 0) is 4.74 Å². The maximum atomic E-state index is 13.6. The van der Waals surface area contributed by atoms with Crippen LogP contribution in [0.15, 0.2) is 11.4 Å². The molecule has 1 amide bonds. The predicted molar refractivity (Wildman–Crippen MR) is 125 cm³/mol. The number of thioether (sulfide) groups is 1. The Balaban J connectivity index is 1.39. The molecule has 0 aromatic carbocycles. The number of amides is 1. The van der Waals surface area contributed by atoms with Gasteiger partial charge in [-0.25, -0.2) is 9.97 Å². The maximum Gasteiger partial charge on any atom is 0.256 e. The third-order valence-corrected chi connectivity index (χ3v) is 8.75. The van der Waals surface area contributed by atoms with E-state index >= 15 is 0 Å². The summed E-state index contributed by atoms with van der Waals surface area (Å²) in [7, 11) is 0. The summed E-state index contributed by atoms with van der Waals surface area (Å²) >= 11 is 1.63. The molecule has 1 saturated heterocycles. The molecule has 32 heavy (non-hydrogen) atoms. The first kappa shape index (κ1) is 22.4. The van der Waals surface area contributed by atoms with Crippen LogP contribution in [0.1, 0.15) is 69.7 Å². The van der Waals surface area contributed by atoms with E-state index in [0.717, 1.165) is 55.3 Å². The second kappa shape index (κ2) is 8.76. The van der Waals surface area contributed by atoms with E-state index in [-0.39, 0.29) is 24.2 Å². The smallest absolute Gasteiger partial charge is 0.256 e. The molecule has 4 saturated carbocycles. The highest BCUT2D eigenvalue weighted by atomic mass is 32.2. The molecule has 1 aromatic heterocycles. The molecule has 6 rings (SSSR count). The van der Waals surface area contributed by atoms with Crippen LogP contribution in [0.2, 0.25) is 0 Å². The minimum Gasteiger partial charge on any atom is -0.390 e. The number of morpholine rings is 1. The van der Waals surface area contributed by atoms with Gasteiger partial charge in [-0.1, -0.05) is 18.7 Å². The fourth-order valence-electron chi connectivity index (χ4n) is 6.82. The average Bonchev–Trinajstić information content (AvgIpc) is 2.72. The van der Waals surface area contributed by atoms with Gasteiger partial charge in [0.25, 0.3) is 5.91 Å². The molecule has 2 heterocycles. The van der Waals surface area contributed by atoms with E-state index in [1.165, 1.54) is 0 Å². The molecule has 1 aromatic rings. The van der Waals surface area contributed by atoms with E-state index in [0.29, 0.717) is 36.4 Å². The summed E-state index contributed by atoms with van der Waals surface area (Å²) in [5.74, 6) is 2.97. The minimum absolute atomic E-state index is 0.0803. The van der Waals surface area contributed by atoms with Crippen LogP contribution < -0.4 is 10.2 Å². The molecule has 4 aliphatic carbocycles. The van der Waals surface area contributed by atoms with Crippen LogP contribution >= 0.6 is 11.8 Å². The van der Waals surface area contributed by atoms with Gasteiger partial charge in [0.2, 0.25) is 0 Å². The number of carbonyl (C=O) groups excluding carboxylic acids is 1. The van der Waals surface area contributed by atoms with Crippen LogP contribution in [0.5, 0.6) is 0 Å². The number of anilines is 1. The standard InChI is InChI=1S/C24H36N4O3S/c1-4-5-32-23-25-11-19(21(27-23)28-12-14(2)31-15(3)13-28)22(29)26-20-17-6-16-7-18(20)10-24(30,8-16)9-17/h11,14-18,20,30H,4-10,12-13H2,1-3H3,(H,26,29)/t14-,15+,16?,17?,18?,20-,24+. The zero-order valence-corrected chi connectivity index (χ0v) is 20.2. The van der Waals surface area contributed by atoms with Crippen molar-refractivity contribution in [3.8, 4) is 0 Å². The summed E-state index contributed by atoms with van der Waals surface area (Å²) in [4.78, 5) is 25.1. The van der Waals surface area contributed by atoms with E-state index in [9.17, 15) is 9.90 Å². The third kappa shape index (κ3) is 4.38. The highest BCUT2D eigenvalue weighted by Gasteiger charge is 2.55. The first-order valence-corrected chi connectivity index (χ1v) is 13.3. The van der Waals surface area contributed by atoms with Crippen molar-refractivity contribution in [1.82, 2.24) is 15.3 Å². The third-order valence-electron chi connectivity index (χ3n) is 7.68. The molecule has 8 heteroatoms. The lowest BCUT2D eigenvalue weighted by atomic mass is 9.52. The Morgan fingerprint density at radius 3 is 2.56 bits per heavy atom. The Hall–Kier alpha value is -1.38. The van der Waals surface area contributed by atoms with Gasteiger partial charge in [-0.3, -0.25) is 4.79 Å². The number of aliphatic hydroxyl groups is 1. The van der Waals surface area contributed by atoms with Crippen molar-refractivity contribution in [3.63, 3.8) is 0 Å². The van der Waals surface area contributed by atoms with Crippen molar-refractivity contribution in [3.05, 3.63) is 11.8 Å². The van der Waals surface area contributed by atoms with Crippen molar-refractivity contribution < 1.29 is 14.6 Å². The number of hydrogen-bond acceptors (Lipinski definition) is 7. The predicted octanol–water partition coefficient (Wildman–Crippen LogP) is 3.26. The van der Waals surface area contributed by atoms with Crippen LogP contribution in [-0.4, -0.2) is 63.7 Å². The molecule has 176 valence electrons. The van der Waals surface area contributed by atoms with Crippen molar-refractivity contribution in [2.45, 2.75) is 88.3 Å². The molecule has 2 unspecified atom stereocenters. The molecule has 4 atom stereocenters. The SMILES string of the molecule is CCCSc1ncc(C(=O)N[C@H]2C3CC4CC2C[C@@](O)(C4)C3)c(N2C[C@@H](C)O[C@@H](C)C2)n1. The lowest BCUT2D eigenvalue weighted by Crippen LogP contribution is -2.61. The molecule has 5 aliphatic rings. The molecule has 0 spiro atoms. The summed E-state index contributed by atoms with van der Waals surface area (Å²) in [5.41, 5.74) is 0.0594. The molecule has 2 N–H and O–H groups in total. The quantitative estimate of drug-likeness (QED) is 0.498. The van der Waals surface area contributed by atoms with Gasteiger partial charge in [0, 0.05) is 31.1 Å². The second-order valence-corrected chi connectivity index (χ2v) is 11.7. The summed E-state index contributed by atoms with van der Waals surface area (Å²) in [6.07, 6.45) is 7.76. The van der Waals surface area contributed by atoms with Gasteiger partial charge in [-0.15, -0.1) is 0 Å². The van der Waals surface area contributed by atoms with E-state index in [1.807, 2.05) is 0 Å². The molecule has 1 aliphatic heterocycles. The van der Waals surface area contributed by atoms with Gasteiger partial charge in [0.1, 0.15) is 11.4 Å². The Bertz CT molecular complexity index is 842. The van der Waals surface area contributed by atoms with Gasteiger partial charge < -0.3 is 20.1 Å². The van der Waals surface area contributed by atoms with Gasteiger partial charge in [-0.05, 0) is 70.1 Å². The van der Waals surface area contributed by atoms with Crippen LogP contribution in [0.25, 0.3) is 0 Å². The molecular weight excluding hydrogens is 424 g/mol. The Labute approximate surface area is 195 Å². The molecule has 0 radical (unpaired) electrons. The maximum absolute atomic E-state index is 13.6. The van der Waals surface area contributed by atoms with Crippen LogP contribution in [0.3, 0.4) is 0 Å². The van der Waals surface area contributed by atoms with E-state index in [1.54, 1.807) is 18.0 Å². The molecule has 7 nitrogen and oxygen atoms in total. The number of aromatic nitrogens is 2. The lowest BCUT2D eigenvalue weighted by molar-refractivity contribution is -0.136. The first-order valence-electron chi connectivity index (χ1n) is 12.3. The number of nitrogens with one attached hydrogen (secondary N) is 1. The largest absolute Gasteiger partial charge is 0.390 e. The summed E-state index contributed by atoms with van der Waals surface area (Å²) < 4.78 is 5.91. The zero-order valence-electron chi connectivity index (χ0n) is 19.4. The van der Waals surface area contributed by atoms with Gasteiger partial charge >= 0.3 is 0 Å². The normalized spacial score (nSPS) is 38.2. The fraction of sp³-hybridized carbons (Fsp3) is 0.792. The summed E-state index contributed by atoms with van der Waals surface area (Å²) in [5, 5.41) is 15.0. The van der Waals surface area contributed by atoms with Crippen LogP contribution in [0, 0.1) is 17.8 Å². The number of hydrogen-bond donors (Lipinski definition) is 2. The second-order valence-electron chi connectivity index (χ2n) is 10.6. The zero-order chi connectivity index (χ0) is 22.5. The van der Waals surface area contributed by atoms with Gasteiger partial charge in [-0.2, -0.15) is 0 Å². The fourth-order valence-corrected chi connectivity index (χ4v) is 7.48. The Kier molecular flexibility index (Phi) is 6.14. The van der Waals surface area contributed by atoms with Crippen molar-refractivity contribution >= 4 is 23.5 Å². The molecular formula is C24H36N4O3S. The van der Waals surface area contributed by atoms with Gasteiger partial charge in [0.15, 0.2) is 5.16 Å². The highest BCUT2D eigenvalue weighted by Crippen LogP contribution is 2.55. The van der Waals surface area contributed by atoms with Crippen LogP contribution in [0.4, 0.5) is 5.82 Å². The molecule has 5 fully saturated rings. The Morgan fingerprint density at radius 1 is 1.25 bits per heavy atom. The monoisotopic (exact) mass is 460 g/mol. The minimum atomic E-state index is -0.496. The van der Waals surface area contributed by atoms with Crippen molar-refractivity contribution in [1.29, 1.82) is 0 Å². The number of carbonyl (C=O) groups is 1. The van der Waals surface area contributed by atoms with E-state index in [4.69, 9.17) is 9.72 Å². The Morgan fingerprint density at radius 2 is 1.94 bits per heavy atom. The average molecular weight is 461 g/mol. The number of nitrogens with zero attached hydrogens (tertiary/aromatic N) is 3. The summed E-state index contributed by atoms with van der Waals surface area (Å²) in [6.45, 7) is 7.69. The van der Waals surface area contributed by atoms with Crippen molar-refractivity contribution in [2.24, 2.45) is 17.8 Å². The highest BCUT2D eigenvalue weighted by molar-refractivity contribution is 7.99. The van der Waals surface area contributed by atoms with E-state index < -0.39 is 5.60 Å². The van der Waals surface area contributed by atoms with Gasteiger partial charge in [0.05, 0.1) is 17.8 Å². The topological polar surface area (TPSA) is 87.6 Å². The first-order chi connectivity index (χ1) is 15.3.